The molecule has 5 heteroatoms. The monoisotopic (exact) mass is 359 g/mol. The number of amides is 1. The summed E-state index contributed by atoms with van der Waals surface area (Å²) in [6.45, 7) is 5.19. The Hall–Kier alpha value is -1.43. The van der Waals surface area contributed by atoms with Crippen LogP contribution in [-0.4, -0.2) is 68.2 Å². The summed E-state index contributed by atoms with van der Waals surface area (Å²) in [5.74, 6) is 0.0230. The van der Waals surface area contributed by atoms with Crippen molar-refractivity contribution in [1.29, 1.82) is 0 Å². The molecule has 3 rings (SSSR count). The third kappa shape index (κ3) is 5.79. The van der Waals surface area contributed by atoms with E-state index in [2.05, 4.69) is 52.5 Å². The maximum absolute atomic E-state index is 11.9. The fraction of sp³-hybridized carbons (Fsp3) is 0.667. The molecule has 0 bridgehead atoms. The Labute approximate surface area is 157 Å². The molecule has 144 valence electrons. The molecule has 26 heavy (non-hydrogen) atoms. The Morgan fingerprint density at radius 2 is 1.96 bits per heavy atom. The van der Waals surface area contributed by atoms with Crippen molar-refractivity contribution in [3.63, 3.8) is 0 Å². The van der Waals surface area contributed by atoms with Gasteiger partial charge in [-0.1, -0.05) is 43.2 Å². The zero-order valence-corrected chi connectivity index (χ0v) is 16.0. The van der Waals surface area contributed by atoms with Crippen LogP contribution in [0.1, 0.15) is 43.7 Å². The van der Waals surface area contributed by atoms with Crippen molar-refractivity contribution < 1.29 is 9.53 Å². The summed E-state index contributed by atoms with van der Waals surface area (Å²) in [5.41, 5.74) is 1.38. The number of nitrogens with zero attached hydrogens (tertiary/aromatic N) is 2. The average molecular weight is 360 g/mol. The summed E-state index contributed by atoms with van der Waals surface area (Å²) in [5, 5.41) is 3.01. The van der Waals surface area contributed by atoms with Crippen molar-refractivity contribution in [2.24, 2.45) is 0 Å². The van der Waals surface area contributed by atoms with Gasteiger partial charge in [0.25, 0.3) is 0 Å². The van der Waals surface area contributed by atoms with Crippen molar-refractivity contribution in [2.45, 2.75) is 44.2 Å². The van der Waals surface area contributed by atoms with Crippen molar-refractivity contribution >= 4 is 5.91 Å². The highest BCUT2D eigenvalue weighted by Crippen LogP contribution is 2.24. The quantitative estimate of drug-likeness (QED) is 0.724. The van der Waals surface area contributed by atoms with E-state index in [0.717, 1.165) is 52.0 Å². The van der Waals surface area contributed by atoms with Gasteiger partial charge in [0.1, 0.15) is 6.61 Å². The Balaban J connectivity index is 1.37. The van der Waals surface area contributed by atoms with Crippen LogP contribution >= 0.6 is 0 Å². The molecular formula is C21H33N3O2. The molecule has 1 saturated carbocycles. The predicted molar refractivity (Wildman–Crippen MR) is 104 cm³/mol. The second-order valence-electron chi connectivity index (χ2n) is 7.65. The van der Waals surface area contributed by atoms with Gasteiger partial charge in [-0.25, -0.2) is 0 Å². The van der Waals surface area contributed by atoms with Gasteiger partial charge in [0.15, 0.2) is 0 Å². The molecule has 0 aromatic heterocycles. The first-order chi connectivity index (χ1) is 12.7. The van der Waals surface area contributed by atoms with E-state index in [1.165, 1.54) is 18.4 Å². The highest BCUT2D eigenvalue weighted by Gasteiger charge is 2.26. The number of rotatable bonds is 8. The van der Waals surface area contributed by atoms with Crippen LogP contribution in [-0.2, 0) is 9.53 Å². The largest absolute Gasteiger partial charge is 0.368 e. The second-order valence-corrected chi connectivity index (χ2v) is 7.65. The van der Waals surface area contributed by atoms with E-state index in [1.807, 2.05) is 0 Å². The topological polar surface area (TPSA) is 44.8 Å². The summed E-state index contributed by atoms with van der Waals surface area (Å²) in [7, 11) is 2.19. The molecule has 0 radical (unpaired) electrons. The lowest BCUT2D eigenvalue weighted by Gasteiger charge is -2.40. The molecule has 2 aliphatic rings. The fourth-order valence-corrected chi connectivity index (χ4v) is 4.03. The highest BCUT2D eigenvalue weighted by atomic mass is 16.5. The van der Waals surface area contributed by atoms with Gasteiger partial charge >= 0.3 is 0 Å². The summed E-state index contributed by atoms with van der Waals surface area (Å²) in [4.78, 5) is 16.9. The Morgan fingerprint density at radius 1 is 1.19 bits per heavy atom. The number of piperazine rings is 1. The van der Waals surface area contributed by atoms with Crippen LogP contribution < -0.4 is 5.32 Å². The number of carbonyl (C=O) groups is 1. The molecule has 1 aliphatic heterocycles. The number of carbonyl (C=O) groups excluding carboxylic acids is 1. The first-order valence-corrected chi connectivity index (χ1v) is 10.1. The standard InChI is InChI=1S/C21H33N3O2/c1-23-14-15-24(20(16-23)18-8-3-2-4-9-18)13-7-12-22-21(25)17-26-19-10-5-6-11-19/h2-4,8-9,19-20H,5-7,10-17H2,1H3,(H,22,25). The van der Waals surface area contributed by atoms with Gasteiger partial charge in [-0.3, -0.25) is 9.69 Å². The Kier molecular flexibility index (Phi) is 7.47. The van der Waals surface area contributed by atoms with Crippen molar-refractivity contribution in [1.82, 2.24) is 15.1 Å². The third-order valence-electron chi connectivity index (χ3n) is 5.58. The third-order valence-corrected chi connectivity index (χ3v) is 5.58. The minimum atomic E-state index is 0.0230. The Morgan fingerprint density at radius 3 is 2.73 bits per heavy atom. The molecule has 1 aromatic carbocycles. The first-order valence-electron chi connectivity index (χ1n) is 10.1. The zero-order chi connectivity index (χ0) is 18.2. The number of ether oxygens (including phenoxy) is 1. The van der Waals surface area contributed by atoms with E-state index < -0.39 is 0 Å². The minimum absolute atomic E-state index is 0.0230. The minimum Gasteiger partial charge on any atom is -0.368 e. The van der Waals surface area contributed by atoms with Crippen molar-refractivity contribution in [3.05, 3.63) is 35.9 Å². The number of hydrogen-bond donors (Lipinski definition) is 1. The van der Waals surface area contributed by atoms with Crippen LogP contribution in [0.5, 0.6) is 0 Å². The van der Waals surface area contributed by atoms with Gasteiger partial charge in [0, 0.05) is 38.8 Å². The van der Waals surface area contributed by atoms with Gasteiger partial charge in [-0.05, 0) is 31.9 Å². The van der Waals surface area contributed by atoms with Gasteiger partial charge in [-0.2, -0.15) is 0 Å². The SMILES string of the molecule is CN1CCN(CCCNC(=O)COC2CCCC2)C(c2ccccc2)C1. The molecule has 1 aromatic rings. The molecule has 1 amide bonds. The van der Waals surface area contributed by atoms with Gasteiger partial charge in [0.2, 0.25) is 5.91 Å². The maximum atomic E-state index is 11.9. The Bertz CT molecular complexity index is 545. The molecule has 1 aliphatic carbocycles. The molecule has 2 fully saturated rings. The van der Waals surface area contributed by atoms with Crippen LogP contribution in [0.15, 0.2) is 30.3 Å². The van der Waals surface area contributed by atoms with Crippen LogP contribution in [0, 0.1) is 0 Å². The van der Waals surface area contributed by atoms with E-state index in [0.29, 0.717) is 12.1 Å². The van der Waals surface area contributed by atoms with Gasteiger partial charge in [-0.15, -0.1) is 0 Å². The molecule has 1 saturated heterocycles. The van der Waals surface area contributed by atoms with E-state index >= 15 is 0 Å². The molecular weight excluding hydrogens is 326 g/mol. The lowest BCUT2D eigenvalue weighted by atomic mass is 10.0. The first kappa shape index (κ1) is 19.3. The van der Waals surface area contributed by atoms with Gasteiger partial charge < -0.3 is 15.0 Å². The average Bonchev–Trinajstić information content (AvgIpc) is 3.19. The maximum Gasteiger partial charge on any atom is 0.246 e. The number of likely N-dealkylation sites (N-methyl/N-ethyl adjacent to an activating group) is 1. The summed E-state index contributed by atoms with van der Waals surface area (Å²) in [6, 6.07) is 11.2. The van der Waals surface area contributed by atoms with Gasteiger partial charge in [0.05, 0.1) is 6.10 Å². The van der Waals surface area contributed by atoms with Crippen LogP contribution in [0.3, 0.4) is 0 Å². The van der Waals surface area contributed by atoms with Crippen molar-refractivity contribution in [3.8, 4) is 0 Å². The predicted octanol–water partition coefficient (Wildman–Crippen LogP) is 2.44. The molecule has 5 nitrogen and oxygen atoms in total. The summed E-state index contributed by atoms with van der Waals surface area (Å²) >= 11 is 0. The zero-order valence-electron chi connectivity index (χ0n) is 16.0. The number of benzene rings is 1. The normalized spacial score (nSPS) is 22.6. The lowest BCUT2D eigenvalue weighted by molar-refractivity contribution is -0.127. The van der Waals surface area contributed by atoms with Crippen molar-refractivity contribution in [2.75, 3.05) is 46.4 Å². The number of hydrogen-bond acceptors (Lipinski definition) is 4. The van der Waals surface area contributed by atoms with E-state index in [-0.39, 0.29) is 12.5 Å². The molecule has 1 heterocycles. The van der Waals surface area contributed by atoms with Crippen LogP contribution in [0.2, 0.25) is 0 Å². The van der Waals surface area contributed by atoms with E-state index in [4.69, 9.17) is 4.74 Å². The second kappa shape index (κ2) is 10.0. The fourth-order valence-electron chi connectivity index (χ4n) is 4.03. The van der Waals surface area contributed by atoms with Crippen LogP contribution in [0.25, 0.3) is 0 Å². The number of nitrogens with one attached hydrogen (secondary N) is 1. The van der Waals surface area contributed by atoms with Crippen LogP contribution in [0.4, 0.5) is 0 Å². The summed E-state index contributed by atoms with van der Waals surface area (Å²) in [6.07, 6.45) is 5.97. The molecule has 1 N–H and O–H groups in total. The summed E-state index contributed by atoms with van der Waals surface area (Å²) < 4.78 is 5.67. The van der Waals surface area contributed by atoms with E-state index in [9.17, 15) is 4.79 Å². The molecule has 1 atom stereocenters. The highest BCUT2D eigenvalue weighted by molar-refractivity contribution is 5.77. The molecule has 1 unspecified atom stereocenters. The van der Waals surface area contributed by atoms with E-state index in [1.54, 1.807) is 0 Å². The smallest absolute Gasteiger partial charge is 0.246 e. The molecule has 0 spiro atoms. The lowest BCUT2D eigenvalue weighted by Crippen LogP contribution is -2.47.